The van der Waals surface area contributed by atoms with Gasteiger partial charge in [-0.3, -0.25) is 0 Å². The van der Waals surface area contributed by atoms with E-state index in [1.54, 1.807) is 0 Å². The van der Waals surface area contributed by atoms with Crippen molar-refractivity contribution in [1.29, 1.82) is 5.41 Å². The van der Waals surface area contributed by atoms with Crippen molar-refractivity contribution in [2.24, 2.45) is 0 Å². The molecule has 0 spiro atoms. The first-order chi connectivity index (χ1) is 6.49. The Bertz CT molecular complexity index is 375. The summed E-state index contributed by atoms with van der Waals surface area (Å²) in [6.45, 7) is 3.76. The first-order valence-electron chi connectivity index (χ1n) is 4.26. The SMILES string of the molecule is CC(C)c1c(Cl)c(F)cc(N)c1C=N. The van der Waals surface area contributed by atoms with Gasteiger partial charge in [-0.1, -0.05) is 25.4 Å². The molecule has 3 N–H and O–H groups in total. The Morgan fingerprint density at radius 2 is 2.14 bits per heavy atom. The van der Waals surface area contributed by atoms with E-state index in [1.807, 2.05) is 13.8 Å². The first-order valence-corrected chi connectivity index (χ1v) is 4.64. The molecule has 1 aromatic carbocycles. The monoisotopic (exact) mass is 214 g/mol. The van der Waals surface area contributed by atoms with Crippen LogP contribution in [0, 0.1) is 11.2 Å². The van der Waals surface area contributed by atoms with Gasteiger partial charge in [0.2, 0.25) is 0 Å². The Morgan fingerprint density at radius 1 is 1.57 bits per heavy atom. The summed E-state index contributed by atoms with van der Waals surface area (Å²) in [5.41, 5.74) is 6.95. The quantitative estimate of drug-likeness (QED) is 0.577. The molecule has 0 aromatic heterocycles. The van der Waals surface area contributed by atoms with Crippen molar-refractivity contribution in [3.05, 3.63) is 28.0 Å². The maximum absolute atomic E-state index is 13.2. The van der Waals surface area contributed by atoms with E-state index >= 15 is 0 Å². The van der Waals surface area contributed by atoms with E-state index in [2.05, 4.69) is 0 Å². The van der Waals surface area contributed by atoms with Crippen LogP contribution in [0.2, 0.25) is 5.02 Å². The Labute approximate surface area is 87.4 Å². The molecule has 2 nitrogen and oxygen atoms in total. The molecule has 1 rings (SSSR count). The van der Waals surface area contributed by atoms with Gasteiger partial charge in [-0.05, 0) is 17.5 Å². The lowest BCUT2D eigenvalue weighted by Crippen LogP contribution is -2.03. The molecule has 0 heterocycles. The van der Waals surface area contributed by atoms with Crippen molar-refractivity contribution in [2.75, 3.05) is 5.73 Å². The lowest BCUT2D eigenvalue weighted by molar-refractivity contribution is 0.624. The fourth-order valence-electron chi connectivity index (χ4n) is 1.41. The summed E-state index contributed by atoms with van der Waals surface area (Å²) in [6.07, 6.45) is 1.11. The molecule has 4 heteroatoms. The molecule has 0 fully saturated rings. The lowest BCUT2D eigenvalue weighted by atomic mass is 9.96. The van der Waals surface area contributed by atoms with Crippen LogP contribution >= 0.6 is 11.6 Å². The second-order valence-corrected chi connectivity index (χ2v) is 3.77. The van der Waals surface area contributed by atoms with Gasteiger partial charge in [0.05, 0.1) is 5.02 Å². The third kappa shape index (κ3) is 1.73. The summed E-state index contributed by atoms with van der Waals surface area (Å²) in [4.78, 5) is 0. The minimum absolute atomic E-state index is 0.0390. The van der Waals surface area contributed by atoms with Crippen LogP contribution in [-0.2, 0) is 0 Å². The zero-order valence-electron chi connectivity index (χ0n) is 8.07. The Hall–Kier alpha value is -1.09. The van der Waals surface area contributed by atoms with Crippen molar-refractivity contribution in [1.82, 2.24) is 0 Å². The molecule has 0 aliphatic carbocycles. The molecule has 1 aromatic rings. The highest BCUT2D eigenvalue weighted by molar-refractivity contribution is 6.32. The number of hydrogen-bond donors (Lipinski definition) is 2. The Morgan fingerprint density at radius 3 is 2.57 bits per heavy atom. The molecular formula is C10H12ClFN2. The molecule has 0 aliphatic heterocycles. The number of rotatable bonds is 2. The zero-order valence-corrected chi connectivity index (χ0v) is 8.82. The van der Waals surface area contributed by atoms with Gasteiger partial charge < -0.3 is 11.1 Å². The van der Waals surface area contributed by atoms with Crippen LogP contribution in [0.25, 0.3) is 0 Å². The molecule has 0 amide bonds. The van der Waals surface area contributed by atoms with Crippen LogP contribution < -0.4 is 5.73 Å². The summed E-state index contributed by atoms with van der Waals surface area (Å²) < 4.78 is 13.2. The fraction of sp³-hybridized carbons (Fsp3) is 0.300. The predicted molar refractivity (Wildman–Crippen MR) is 57.8 cm³/mol. The molecule has 0 saturated heterocycles. The summed E-state index contributed by atoms with van der Waals surface area (Å²) in [5.74, 6) is -0.490. The fourth-order valence-corrected chi connectivity index (χ4v) is 1.78. The zero-order chi connectivity index (χ0) is 10.9. The number of nitrogen functional groups attached to an aromatic ring is 1. The van der Waals surface area contributed by atoms with Gasteiger partial charge in [0, 0.05) is 17.5 Å². The average Bonchev–Trinajstić information content (AvgIpc) is 2.10. The Balaban J connectivity index is 3.56. The van der Waals surface area contributed by atoms with Crippen molar-refractivity contribution >= 4 is 23.5 Å². The van der Waals surface area contributed by atoms with Gasteiger partial charge in [0.1, 0.15) is 5.82 Å². The maximum Gasteiger partial charge on any atom is 0.144 e. The van der Waals surface area contributed by atoms with Gasteiger partial charge in [0.15, 0.2) is 0 Å². The van der Waals surface area contributed by atoms with Crippen LogP contribution in [0.4, 0.5) is 10.1 Å². The van der Waals surface area contributed by atoms with E-state index in [9.17, 15) is 4.39 Å². The van der Waals surface area contributed by atoms with E-state index in [0.717, 1.165) is 12.3 Å². The Kier molecular flexibility index (Phi) is 3.11. The first kappa shape index (κ1) is 11.0. The normalized spacial score (nSPS) is 10.6. The van der Waals surface area contributed by atoms with Crippen molar-refractivity contribution in [3.63, 3.8) is 0 Å². The molecular weight excluding hydrogens is 203 g/mol. The summed E-state index contributed by atoms with van der Waals surface area (Å²) in [5, 5.41) is 7.26. The van der Waals surface area contributed by atoms with E-state index in [-0.39, 0.29) is 16.6 Å². The van der Waals surface area contributed by atoms with E-state index in [0.29, 0.717) is 11.1 Å². The highest BCUT2D eigenvalue weighted by Gasteiger charge is 2.16. The molecule has 0 saturated carbocycles. The largest absolute Gasteiger partial charge is 0.398 e. The average molecular weight is 215 g/mol. The lowest BCUT2D eigenvalue weighted by Gasteiger charge is -2.14. The molecule has 0 bridgehead atoms. The van der Waals surface area contributed by atoms with Crippen LogP contribution in [0.3, 0.4) is 0 Å². The highest BCUT2D eigenvalue weighted by Crippen LogP contribution is 2.32. The van der Waals surface area contributed by atoms with Gasteiger partial charge in [-0.25, -0.2) is 4.39 Å². The minimum atomic E-state index is -0.529. The van der Waals surface area contributed by atoms with Crippen molar-refractivity contribution in [2.45, 2.75) is 19.8 Å². The van der Waals surface area contributed by atoms with Crippen LogP contribution in [0.1, 0.15) is 30.9 Å². The number of anilines is 1. The summed E-state index contributed by atoms with van der Waals surface area (Å²) in [7, 11) is 0. The second-order valence-electron chi connectivity index (χ2n) is 3.39. The summed E-state index contributed by atoms with van der Waals surface area (Å²) >= 11 is 5.81. The molecule has 76 valence electrons. The standard InChI is InChI=1S/C10H12ClFN2/c1-5(2)9-6(4-13)8(14)3-7(12)10(9)11/h3-5,13H,14H2,1-2H3. The predicted octanol–water partition coefficient (Wildman–Crippen LogP) is 3.18. The topological polar surface area (TPSA) is 49.9 Å². The van der Waals surface area contributed by atoms with E-state index < -0.39 is 5.82 Å². The maximum atomic E-state index is 13.2. The summed E-state index contributed by atoms with van der Waals surface area (Å²) in [6, 6.07) is 1.15. The molecule has 0 aliphatic rings. The number of benzene rings is 1. The third-order valence-corrected chi connectivity index (χ3v) is 2.44. The third-order valence-electron chi connectivity index (χ3n) is 2.05. The van der Waals surface area contributed by atoms with Crippen LogP contribution in [0.5, 0.6) is 0 Å². The number of nitrogens with one attached hydrogen (secondary N) is 1. The smallest absolute Gasteiger partial charge is 0.144 e. The number of halogens is 2. The van der Waals surface area contributed by atoms with Gasteiger partial charge >= 0.3 is 0 Å². The highest BCUT2D eigenvalue weighted by atomic mass is 35.5. The van der Waals surface area contributed by atoms with Gasteiger partial charge in [0.25, 0.3) is 0 Å². The molecule has 0 unspecified atom stereocenters. The second kappa shape index (κ2) is 3.96. The van der Waals surface area contributed by atoms with Crippen molar-refractivity contribution < 1.29 is 4.39 Å². The molecule has 14 heavy (non-hydrogen) atoms. The van der Waals surface area contributed by atoms with E-state index in [4.69, 9.17) is 22.7 Å². The van der Waals surface area contributed by atoms with Crippen LogP contribution in [0.15, 0.2) is 6.07 Å². The van der Waals surface area contributed by atoms with Gasteiger partial charge in [-0.15, -0.1) is 0 Å². The molecule has 0 atom stereocenters. The molecule has 0 radical (unpaired) electrons. The van der Waals surface area contributed by atoms with E-state index in [1.165, 1.54) is 0 Å². The van der Waals surface area contributed by atoms with Gasteiger partial charge in [-0.2, -0.15) is 0 Å². The number of hydrogen-bond acceptors (Lipinski definition) is 2. The van der Waals surface area contributed by atoms with Crippen LogP contribution in [-0.4, -0.2) is 6.21 Å². The minimum Gasteiger partial charge on any atom is -0.398 e. The van der Waals surface area contributed by atoms with Crippen molar-refractivity contribution in [3.8, 4) is 0 Å². The number of nitrogens with two attached hydrogens (primary N) is 1.